The first-order valence-electron chi connectivity index (χ1n) is 8.83. The summed E-state index contributed by atoms with van der Waals surface area (Å²) < 4.78 is 5.81. The Bertz CT molecular complexity index is 1020. The highest BCUT2D eigenvalue weighted by Gasteiger charge is 2.14. The number of nitrogens with two attached hydrogens (primary N) is 1. The fourth-order valence-electron chi connectivity index (χ4n) is 2.53. The molecule has 4 N–H and O–H groups in total. The molecule has 7 nitrogen and oxygen atoms in total. The van der Waals surface area contributed by atoms with Crippen LogP contribution in [0.15, 0.2) is 78.9 Å². The third-order valence-corrected chi connectivity index (χ3v) is 3.93. The maximum absolute atomic E-state index is 12.7. The lowest BCUT2D eigenvalue weighted by Crippen LogP contribution is -2.33. The summed E-state index contributed by atoms with van der Waals surface area (Å²) in [5.74, 6) is -0.345. The van der Waals surface area contributed by atoms with Gasteiger partial charge in [-0.1, -0.05) is 30.3 Å². The summed E-state index contributed by atoms with van der Waals surface area (Å²) in [4.78, 5) is 35.3. The molecular weight excluding hydrogens is 370 g/mol. The first-order chi connectivity index (χ1) is 14.0. The van der Waals surface area contributed by atoms with Gasteiger partial charge in [-0.05, 0) is 48.5 Å². The minimum Gasteiger partial charge on any atom is -0.457 e. The van der Waals surface area contributed by atoms with Crippen molar-refractivity contribution in [3.05, 3.63) is 90.0 Å². The number of para-hydroxylation sites is 2. The van der Waals surface area contributed by atoms with Crippen LogP contribution in [0.1, 0.15) is 20.7 Å². The van der Waals surface area contributed by atoms with Crippen molar-refractivity contribution in [1.29, 1.82) is 0 Å². The Morgan fingerprint density at radius 2 is 1.45 bits per heavy atom. The Morgan fingerprint density at radius 3 is 2.14 bits per heavy atom. The molecule has 0 heterocycles. The summed E-state index contributed by atoms with van der Waals surface area (Å²) in [6.07, 6.45) is 0. The van der Waals surface area contributed by atoms with Crippen molar-refractivity contribution < 1.29 is 19.1 Å². The molecule has 0 aromatic heterocycles. The minimum atomic E-state index is -0.626. The minimum absolute atomic E-state index is 0.241. The van der Waals surface area contributed by atoms with Crippen LogP contribution in [0.2, 0.25) is 0 Å². The molecule has 0 aliphatic heterocycles. The molecule has 3 amide bonds. The Hall–Kier alpha value is -4.13. The summed E-state index contributed by atoms with van der Waals surface area (Å²) in [7, 11) is 0. The SMILES string of the molecule is NC(=O)CNC(=O)c1ccc(NC(=O)c2ccccc2Oc2ccccc2)cc1. The highest BCUT2D eigenvalue weighted by Crippen LogP contribution is 2.25. The topological polar surface area (TPSA) is 111 Å². The molecule has 3 aromatic carbocycles. The van der Waals surface area contributed by atoms with Gasteiger partial charge in [0.1, 0.15) is 11.5 Å². The molecule has 0 spiro atoms. The van der Waals surface area contributed by atoms with Crippen molar-refractivity contribution in [3.63, 3.8) is 0 Å². The van der Waals surface area contributed by atoms with E-state index >= 15 is 0 Å². The van der Waals surface area contributed by atoms with Gasteiger partial charge < -0.3 is 21.1 Å². The summed E-state index contributed by atoms with van der Waals surface area (Å²) in [5.41, 5.74) is 6.23. The zero-order valence-corrected chi connectivity index (χ0v) is 15.4. The van der Waals surface area contributed by atoms with Gasteiger partial charge in [-0.15, -0.1) is 0 Å². The van der Waals surface area contributed by atoms with E-state index in [1.54, 1.807) is 48.5 Å². The molecule has 0 aliphatic rings. The van der Waals surface area contributed by atoms with Crippen molar-refractivity contribution in [3.8, 4) is 11.5 Å². The van der Waals surface area contributed by atoms with Crippen LogP contribution < -0.4 is 21.1 Å². The quantitative estimate of drug-likeness (QED) is 0.577. The number of carbonyl (C=O) groups excluding carboxylic acids is 3. The second-order valence-electron chi connectivity index (χ2n) is 6.09. The molecule has 3 aromatic rings. The van der Waals surface area contributed by atoms with Crippen molar-refractivity contribution >= 4 is 23.4 Å². The number of carbonyl (C=O) groups is 3. The van der Waals surface area contributed by atoms with Gasteiger partial charge in [0.15, 0.2) is 0 Å². The van der Waals surface area contributed by atoms with Crippen LogP contribution in [0.25, 0.3) is 0 Å². The molecule has 0 unspecified atom stereocenters. The van der Waals surface area contributed by atoms with Gasteiger partial charge in [0.05, 0.1) is 12.1 Å². The van der Waals surface area contributed by atoms with E-state index in [9.17, 15) is 14.4 Å². The number of ether oxygens (including phenoxy) is 1. The highest BCUT2D eigenvalue weighted by atomic mass is 16.5. The Kier molecular flexibility index (Phi) is 6.22. The van der Waals surface area contributed by atoms with Crippen LogP contribution in [0.3, 0.4) is 0 Å². The average Bonchev–Trinajstić information content (AvgIpc) is 2.73. The van der Waals surface area contributed by atoms with Gasteiger partial charge in [-0.3, -0.25) is 14.4 Å². The van der Waals surface area contributed by atoms with Crippen molar-refractivity contribution in [2.75, 3.05) is 11.9 Å². The number of benzene rings is 3. The second-order valence-corrected chi connectivity index (χ2v) is 6.09. The zero-order valence-electron chi connectivity index (χ0n) is 15.4. The smallest absolute Gasteiger partial charge is 0.259 e. The molecule has 3 rings (SSSR count). The summed E-state index contributed by atoms with van der Waals surface area (Å²) >= 11 is 0. The lowest BCUT2D eigenvalue weighted by Gasteiger charge is -2.12. The molecule has 0 saturated carbocycles. The summed E-state index contributed by atoms with van der Waals surface area (Å²) in [5, 5.41) is 5.17. The third kappa shape index (κ3) is 5.43. The van der Waals surface area contributed by atoms with Crippen LogP contribution >= 0.6 is 0 Å². The number of amides is 3. The maximum atomic E-state index is 12.7. The molecule has 0 saturated heterocycles. The van der Waals surface area contributed by atoms with Crippen molar-refractivity contribution in [1.82, 2.24) is 5.32 Å². The number of primary amides is 1. The number of hydrogen-bond donors (Lipinski definition) is 3. The van der Waals surface area contributed by atoms with E-state index in [0.29, 0.717) is 28.3 Å². The second kappa shape index (κ2) is 9.18. The molecule has 146 valence electrons. The maximum Gasteiger partial charge on any atom is 0.259 e. The Balaban J connectivity index is 1.69. The highest BCUT2D eigenvalue weighted by molar-refractivity contribution is 6.06. The van der Waals surface area contributed by atoms with E-state index in [0.717, 1.165) is 0 Å². The monoisotopic (exact) mass is 389 g/mol. The van der Waals surface area contributed by atoms with E-state index in [1.165, 1.54) is 12.1 Å². The van der Waals surface area contributed by atoms with Crippen LogP contribution in [0.4, 0.5) is 5.69 Å². The van der Waals surface area contributed by atoms with Crippen molar-refractivity contribution in [2.45, 2.75) is 0 Å². The van der Waals surface area contributed by atoms with Gasteiger partial charge in [0, 0.05) is 11.3 Å². The number of anilines is 1. The van der Waals surface area contributed by atoms with E-state index < -0.39 is 11.8 Å². The number of rotatable bonds is 7. The molecular formula is C22H19N3O4. The molecule has 0 aliphatic carbocycles. The van der Waals surface area contributed by atoms with Crippen LogP contribution in [0, 0.1) is 0 Å². The van der Waals surface area contributed by atoms with Crippen LogP contribution in [0.5, 0.6) is 11.5 Å². The largest absolute Gasteiger partial charge is 0.457 e. The predicted octanol–water partition coefficient (Wildman–Crippen LogP) is 2.95. The number of hydrogen-bond acceptors (Lipinski definition) is 4. The molecule has 7 heteroatoms. The summed E-state index contributed by atoms with van der Waals surface area (Å²) in [6, 6.07) is 22.4. The van der Waals surface area contributed by atoms with E-state index in [4.69, 9.17) is 10.5 Å². The normalized spacial score (nSPS) is 10.1. The zero-order chi connectivity index (χ0) is 20.6. The predicted molar refractivity (Wildman–Crippen MR) is 109 cm³/mol. The van der Waals surface area contributed by atoms with Gasteiger partial charge in [-0.2, -0.15) is 0 Å². The first kappa shape index (κ1) is 19.6. The van der Waals surface area contributed by atoms with Gasteiger partial charge in [0.25, 0.3) is 11.8 Å². The molecule has 0 atom stereocenters. The van der Waals surface area contributed by atoms with Crippen molar-refractivity contribution in [2.24, 2.45) is 5.73 Å². The van der Waals surface area contributed by atoms with Crippen LogP contribution in [-0.4, -0.2) is 24.3 Å². The fraction of sp³-hybridized carbons (Fsp3) is 0.0455. The molecule has 0 fully saturated rings. The summed E-state index contributed by atoms with van der Waals surface area (Å²) in [6.45, 7) is -0.241. The fourth-order valence-corrected chi connectivity index (χ4v) is 2.53. The lowest BCUT2D eigenvalue weighted by molar-refractivity contribution is -0.117. The average molecular weight is 389 g/mol. The Morgan fingerprint density at radius 1 is 0.793 bits per heavy atom. The van der Waals surface area contributed by atoms with E-state index in [-0.39, 0.29) is 12.5 Å². The molecule has 0 radical (unpaired) electrons. The third-order valence-electron chi connectivity index (χ3n) is 3.93. The standard InChI is InChI=1S/C22H19N3O4/c23-20(26)14-24-21(27)15-10-12-16(13-11-15)25-22(28)18-8-4-5-9-19(18)29-17-6-2-1-3-7-17/h1-13H,14H2,(H2,23,26)(H,24,27)(H,25,28). The first-order valence-corrected chi connectivity index (χ1v) is 8.83. The van der Waals surface area contributed by atoms with Gasteiger partial charge in [-0.25, -0.2) is 0 Å². The number of nitrogens with one attached hydrogen (secondary N) is 2. The lowest BCUT2D eigenvalue weighted by atomic mass is 10.1. The van der Waals surface area contributed by atoms with E-state index in [2.05, 4.69) is 10.6 Å². The van der Waals surface area contributed by atoms with Crippen LogP contribution in [-0.2, 0) is 4.79 Å². The van der Waals surface area contributed by atoms with E-state index in [1.807, 2.05) is 18.2 Å². The van der Waals surface area contributed by atoms with Gasteiger partial charge in [0.2, 0.25) is 5.91 Å². The Labute approximate surface area is 167 Å². The van der Waals surface area contributed by atoms with Gasteiger partial charge >= 0.3 is 0 Å². The molecule has 29 heavy (non-hydrogen) atoms. The molecule has 0 bridgehead atoms.